The van der Waals surface area contributed by atoms with Crippen LogP contribution in [-0.4, -0.2) is 21.1 Å². The van der Waals surface area contributed by atoms with Gasteiger partial charge in [0.1, 0.15) is 4.33 Å². The Morgan fingerprint density at radius 3 is 2.25 bits per heavy atom. The lowest BCUT2D eigenvalue weighted by molar-refractivity contribution is -0.117. The van der Waals surface area contributed by atoms with Gasteiger partial charge in [-0.1, -0.05) is 34.8 Å². The Balaban J connectivity index is 1.32. The topological polar surface area (TPSA) is 74.0 Å². The first-order valence-corrected chi connectivity index (χ1v) is 12.8. The number of hydrogen-bond acceptors (Lipinski definition) is 2. The molecule has 3 N–H and O–H groups in total. The minimum absolute atomic E-state index is 0.205. The van der Waals surface area contributed by atoms with E-state index in [1.165, 1.54) is 6.07 Å². The second-order valence-electron chi connectivity index (χ2n) is 8.73. The van der Waals surface area contributed by atoms with Crippen LogP contribution in [-0.2, 0) is 4.79 Å². The molecule has 0 bridgehead atoms. The summed E-state index contributed by atoms with van der Waals surface area (Å²) in [4.78, 5) is 29.3. The van der Waals surface area contributed by atoms with Crippen molar-refractivity contribution in [2.75, 3.05) is 10.6 Å². The third-order valence-electron chi connectivity index (χ3n) is 6.07. The van der Waals surface area contributed by atoms with E-state index >= 15 is 0 Å². The lowest BCUT2D eigenvalue weighted by Gasteiger charge is -2.10. The van der Waals surface area contributed by atoms with E-state index in [1.807, 2.05) is 25.1 Å². The van der Waals surface area contributed by atoms with Crippen LogP contribution in [0.3, 0.4) is 0 Å². The second-order valence-corrected chi connectivity index (χ2v) is 11.4. The third kappa shape index (κ3) is 4.91. The first-order chi connectivity index (χ1) is 17.0. The van der Waals surface area contributed by atoms with E-state index in [-0.39, 0.29) is 10.6 Å². The Hall–Kier alpha value is -2.41. The number of fused-ring (bicyclic) bond motifs is 1. The molecule has 1 aromatic heterocycles. The average molecular weight is 582 g/mol. The van der Waals surface area contributed by atoms with Gasteiger partial charge in [-0.2, -0.15) is 0 Å². The summed E-state index contributed by atoms with van der Waals surface area (Å²) in [6.07, 6.45) is 0. The highest BCUT2D eigenvalue weighted by atomic mass is 35.5. The van der Waals surface area contributed by atoms with Gasteiger partial charge in [0.05, 0.1) is 16.5 Å². The number of nitrogens with one attached hydrogen (secondary N) is 3. The van der Waals surface area contributed by atoms with Gasteiger partial charge >= 0.3 is 0 Å². The van der Waals surface area contributed by atoms with Crippen LogP contribution in [0.25, 0.3) is 10.9 Å². The standard InChI is InChI=1S/C26H18Cl5N3O2/c1-12-6-13-9-17(3-5-21(13)32-12)33-24(35)19-11-18(2-4-20(19)29)34-25(36)23-22(26(23,30)31)14-7-15(27)10-16(28)8-14/h2-11,22-23,32H,1H3,(H,33,35)(H,34,36)/t22-,23+/m1/s1. The third-order valence-corrected chi connectivity index (χ3v) is 7.78. The number of rotatable bonds is 5. The number of amides is 2. The van der Waals surface area contributed by atoms with Crippen molar-refractivity contribution in [2.24, 2.45) is 5.92 Å². The van der Waals surface area contributed by atoms with E-state index in [1.54, 1.807) is 36.4 Å². The molecule has 1 heterocycles. The van der Waals surface area contributed by atoms with E-state index in [0.29, 0.717) is 27.0 Å². The van der Waals surface area contributed by atoms with Crippen molar-refractivity contribution < 1.29 is 9.59 Å². The van der Waals surface area contributed by atoms with Crippen molar-refractivity contribution in [2.45, 2.75) is 17.2 Å². The number of hydrogen-bond donors (Lipinski definition) is 3. The molecule has 0 unspecified atom stereocenters. The highest BCUT2D eigenvalue weighted by Gasteiger charge is 2.67. The molecular formula is C26H18Cl5N3O2. The first kappa shape index (κ1) is 25.2. The van der Waals surface area contributed by atoms with Crippen molar-refractivity contribution in [3.05, 3.63) is 92.6 Å². The summed E-state index contributed by atoms with van der Waals surface area (Å²) in [6.45, 7) is 1.96. The zero-order valence-electron chi connectivity index (χ0n) is 18.6. The van der Waals surface area contributed by atoms with Crippen LogP contribution in [0.5, 0.6) is 0 Å². The number of anilines is 2. The predicted molar refractivity (Wildman–Crippen MR) is 148 cm³/mol. The first-order valence-electron chi connectivity index (χ1n) is 10.9. The number of H-pyrrole nitrogens is 1. The fraction of sp³-hybridized carbons (Fsp3) is 0.154. The zero-order chi connectivity index (χ0) is 25.8. The number of halogens is 5. The van der Waals surface area contributed by atoms with Crippen molar-refractivity contribution >= 4 is 92.1 Å². The molecule has 1 aliphatic carbocycles. The molecule has 0 saturated heterocycles. The van der Waals surface area contributed by atoms with Crippen LogP contribution >= 0.6 is 58.0 Å². The van der Waals surface area contributed by atoms with Gasteiger partial charge in [0.15, 0.2) is 0 Å². The van der Waals surface area contributed by atoms with Crippen LogP contribution in [0.15, 0.2) is 60.7 Å². The molecule has 1 saturated carbocycles. The van der Waals surface area contributed by atoms with Gasteiger partial charge in [-0.05, 0) is 73.2 Å². The van der Waals surface area contributed by atoms with Gasteiger partial charge < -0.3 is 15.6 Å². The molecule has 2 amide bonds. The smallest absolute Gasteiger partial charge is 0.257 e. The lowest BCUT2D eigenvalue weighted by atomic mass is 10.1. The molecule has 0 radical (unpaired) electrons. The number of benzene rings is 3. The van der Waals surface area contributed by atoms with Crippen LogP contribution in [0.4, 0.5) is 11.4 Å². The highest BCUT2D eigenvalue weighted by molar-refractivity contribution is 6.53. The number of aryl methyl sites for hydroxylation is 1. The minimum atomic E-state index is -1.32. The van der Waals surface area contributed by atoms with Crippen molar-refractivity contribution in [1.82, 2.24) is 4.98 Å². The molecule has 36 heavy (non-hydrogen) atoms. The van der Waals surface area contributed by atoms with Crippen LogP contribution in [0, 0.1) is 12.8 Å². The quantitative estimate of drug-likeness (QED) is 0.208. The Kier molecular flexibility index (Phi) is 6.64. The maximum Gasteiger partial charge on any atom is 0.257 e. The molecule has 3 aromatic carbocycles. The van der Waals surface area contributed by atoms with E-state index in [2.05, 4.69) is 15.6 Å². The molecule has 184 valence electrons. The molecule has 1 aliphatic rings. The largest absolute Gasteiger partial charge is 0.359 e. The van der Waals surface area contributed by atoms with E-state index in [9.17, 15) is 9.59 Å². The zero-order valence-corrected chi connectivity index (χ0v) is 22.4. The van der Waals surface area contributed by atoms with E-state index < -0.39 is 28.0 Å². The molecular weight excluding hydrogens is 564 g/mol. The van der Waals surface area contributed by atoms with Crippen LogP contribution in [0.2, 0.25) is 15.1 Å². The molecule has 1 fully saturated rings. The normalized spacial score (nSPS) is 18.2. The molecule has 4 aromatic rings. The van der Waals surface area contributed by atoms with Crippen molar-refractivity contribution in [1.29, 1.82) is 0 Å². The predicted octanol–water partition coefficient (Wildman–Crippen LogP) is 8.21. The maximum absolute atomic E-state index is 13.0. The number of carbonyl (C=O) groups is 2. The van der Waals surface area contributed by atoms with Gasteiger partial charge in [-0.3, -0.25) is 9.59 Å². The molecule has 0 aliphatic heterocycles. The van der Waals surface area contributed by atoms with Gasteiger partial charge in [-0.15, -0.1) is 23.2 Å². The van der Waals surface area contributed by atoms with Gasteiger partial charge in [0.25, 0.3) is 5.91 Å². The minimum Gasteiger partial charge on any atom is -0.359 e. The summed E-state index contributed by atoms with van der Waals surface area (Å²) in [5.41, 5.74) is 3.87. The Morgan fingerprint density at radius 1 is 0.861 bits per heavy atom. The SMILES string of the molecule is Cc1cc2cc(NC(=O)c3cc(NC(=O)[C@@H]4[C@@H](c5cc(Cl)cc(Cl)c5)C4(Cl)Cl)ccc3Cl)ccc2[nH]1. The summed E-state index contributed by atoms with van der Waals surface area (Å²) in [7, 11) is 0. The van der Waals surface area contributed by atoms with Crippen LogP contribution < -0.4 is 10.6 Å². The highest BCUT2D eigenvalue weighted by Crippen LogP contribution is 2.65. The second kappa shape index (κ2) is 9.47. The fourth-order valence-corrected chi connectivity index (χ4v) is 5.95. The summed E-state index contributed by atoms with van der Waals surface area (Å²) in [5.74, 6) is -2.04. The number of aromatic amines is 1. The van der Waals surface area contributed by atoms with Gasteiger partial charge in [-0.25, -0.2) is 0 Å². The number of alkyl halides is 2. The lowest BCUT2D eigenvalue weighted by Crippen LogP contribution is -2.18. The van der Waals surface area contributed by atoms with E-state index in [4.69, 9.17) is 58.0 Å². The molecule has 5 rings (SSSR count). The van der Waals surface area contributed by atoms with Gasteiger partial charge in [0.2, 0.25) is 5.91 Å². The van der Waals surface area contributed by atoms with Crippen molar-refractivity contribution in [3.63, 3.8) is 0 Å². The Bertz CT molecular complexity index is 1510. The van der Waals surface area contributed by atoms with Crippen LogP contribution in [0.1, 0.15) is 27.5 Å². The summed E-state index contributed by atoms with van der Waals surface area (Å²) in [5, 5.41) is 7.70. The Labute approximate surface area is 232 Å². The number of carbonyl (C=O) groups excluding carboxylic acids is 2. The van der Waals surface area contributed by atoms with Gasteiger partial charge in [0, 0.05) is 43.9 Å². The van der Waals surface area contributed by atoms with Crippen molar-refractivity contribution in [3.8, 4) is 0 Å². The maximum atomic E-state index is 13.0. The summed E-state index contributed by atoms with van der Waals surface area (Å²) >= 11 is 31.4. The van der Waals surface area contributed by atoms with E-state index in [0.717, 1.165) is 16.6 Å². The summed E-state index contributed by atoms with van der Waals surface area (Å²) < 4.78 is -1.32. The molecule has 10 heteroatoms. The monoisotopic (exact) mass is 579 g/mol. The molecule has 0 spiro atoms. The number of aromatic nitrogens is 1. The Morgan fingerprint density at radius 2 is 1.53 bits per heavy atom. The fourth-order valence-electron chi connectivity index (χ4n) is 4.37. The molecule has 5 nitrogen and oxygen atoms in total. The summed E-state index contributed by atoms with van der Waals surface area (Å²) in [6, 6.07) is 17.1. The molecule has 2 atom stereocenters. The average Bonchev–Trinajstić information content (AvgIpc) is 3.18.